The molecule has 1 aliphatic rings. The molecule has 0 aromatic heterocycles. The lowest BCUT2D eigenvalue weighted by atomic mass is 9.76. The molecule has 1 atom stereocenters. The van der Waals surface area contributed by atoms with Crippen molar-refractivity contribution in [2.45, 2.75) is 84.7 Å². The van der Waals surface area contributed by atoms with Crippen molar-refractivity contribution in [2.75, 3.05) is 5.06 Å². The second-order valence-corrected chi connectivity index (χ2v) is 8.63. The molecule has 3 rings (SSSR count). The Labute approximate surface area is 176 Å². The van der Waals surface area contributed by atoms with E-state index in [1.54, 1.807) is 5.06 Å². The molecule has 0 spiro atoms. The fourth-order valence-corrected chi connectivity index (χ4v) is 4.11. The van der Waals surface area contributed by atoms with Gasteiger partial charge in [0.05, 0.1) is 11.8 Å². The largest absolute Gasteiger partial charge is 0.271 e. The molecule has 0 bridgehead atoms. The minimum atomic E-state index is -0.725. The van der Waals surface area contributed by atoms with Crippen molar-refractivity contribution < 1.29 is 9.63 Å². The predicted molar refractivity (Wildman–Crippen MR) is 120 cm³/mol. The Balaban J connectivity index is 2.02. The average Bonchev–Trinajstić information content (AvgIpc) is 2.93. The van der Waals surface area contributed by atoms with Crippen molar-refractivity contribution in [3.8, 4) is 0 Å². The summed E-state index contributed by atoms with van der Waals surface area (Å²) in [6.45, 7) is 10.4. The zero-order valence-corrected chi connectivity index (χ0v) is 18.6. The van der Waals surface area contributed by atoms with Crippen molar-refractivity contribution >= 4 is 11.6 Å². The van der Waals surface area contributed by atoms with Crippen LogP contribution in [0.3, 0.4) is 0 Å². The molecule has 2 aromatic rings. The average molecular weight is 394 g/mol. The van der Waals surface area contributed by atoms with Crippen LogP contribution in [0.2, 0.25) is 0 Å². The minimum Gasteiger partial charge on any atom is -0.271 e. The number of hydroxylamine groups is 1. The summed E-state index contributed by atoms with van der Waals surface area (Å²) in [7, 11) is 0. The lowest BCUT2D eigenvalue weighted by Gasteiger charge is -2.25. The number of anilines is 1. The minimum absolute atomic E-state index is 0.00449. The number of aryl methyl sites for hydroxylation is 2. The van der Waals surface area contributed by atoms with Gasteiger partial charge in [0, 0.05) is 0 Å². The Morgan fingerprint density at radius 2 is 1.52 bits per heavy atom. The van der Waals surface area contributed by atoms with Gasteiger partial charge in [0.1, 0.15) is 5.41 Å². The number of fused-ring (bicyclic) bond motifs is 1. The molecule has 0 saturated heterocycles. The van der Waals surface area contributed by atoms with Crippen LogP contribution in [0.4, 0.5) is 5.69 Å². The van der Waals surface area contributed by atoms with Crippen LogP contribution in [0.1, 0.15) is 82.6 Å². The smallest absolute Gasteiger partial charge is 0.265 e. The molecule has 0 saturated carbocycles. The third-order valence-corrected chi connectivity index (χ3v) is 5.92. The summed E-state index contributed by atoms with van der Waals surface area (Å²) in [4.78, 5) is 19.6. The first-order valence-corrected chi connectivity index (χ1v) is 11.2. The summed E-state index contributed by atoms with van der Waals surface area (Å²) in [5.74, 6) is -0.00449. The quantitative estimate of drug-likeness (QED) is 0.496. The van der Waals surface area contributed by atoms with E-state index in [9.17, 15) is 4.79 Å². The summed E-state index contributed by atoms with van der Waals surface area (Å²) in [5.41, 5.74) is 4.82. The third-order valence-electron chi connectivity index (χ3n) is 5.92. The molecule has 0 radical (unpaired) electrons. The number of hydrogen-bond donors (Lipinski definition) is 0. The van der Waals surface area contributed by atoms with Crippen LogP contribution in [0.15, 0.2) is 42.5 Å². The van der Waals surface area contributed by atoms with Crippen LogP contribution in [0.5, 0.6) is 0 Å². The van der Waals surface area contributed by atoms with Crippen LogP contribution in [-0.2, 0) is 27.9 Å². The van der Waals surface area contributed by atoms with Crippen molar-refractivity contribution in [2.24, 2.45) is 0 Å². The molecule has 1 aliphatic heterocycles. The van der Waals surface area contributed by atoms with Gasteiger partial charge >= 0.3 is 0 Å². The van der Waals surface area contributed by atoms with Crippen LogP contribution in [0, 0.1) is 0 Å². The van der Waals surface area contributed by atoms with Crippen LogP contribution in [0.25, 0.3) is 0 Å². The van der Waals surface area contributed by atoms with Crippen LogP contribution in [-0.4, -0.2) is 12.0 Å². The molecule has 0 N–H and O–H groups in total. The number of hydrogen-bond acceptors (Lipinski definition) is 2. The van der Waals surface area contributed by atoms with Gasteiger partial charge in [0.2, 0.25) is 0 Å². The van der Waals surface area contributed by atoms with Gasteiger partial charge in [-0.15, -0.1) is 0 Å². The first kappa shape index (κ1) is 21.6. The first-order valence-electron chi connectivity index (χ1n) is 11.2. The van der Waals surface area contributed by atoms with Gasteiger partial charge in [-0.1, -0.05) is 63.1 Å². The number of nitrogens with zero attached hydrogens (tertiary/aromatic N) is 1. The first-order chi connectivity index (χ1) is 13.9. The molecule has 1 heterocycles. The zero-order valence-electron chi connectivity index (χ0n) is 18.6. The fourth-order valence-electron chi connectivity index (χ4n) is 4.11. The highest BCUT2D eigenvalue weighted by Crippen LogP contribution is 2.46. The van der Waals surface area contributed by atoms with Crippen molar-refractivity contribution in [1.82, 2.24) is 0 Å². The van der Waals surface area contributed by atoms with Crippen LogP contribution >= 0.6 is 0 Å². The molecule has 0 fully saturated rings. The van der Waals surface area contributed by atoms with E-state index in [1.807, 2.05) is 20.8 Å². The second kappa shape index (κ2) is 9.13. The highest BCUT2D eigenvalue weighted by molar-refractivity contribution is 6.08. The predicted octanol–water partition coefficient (Wildman–Crippen LogP) is 6.36. The van der Waals surface area contributed by atoms with E-state index in [1.165, 1.54) is 24.0 Å². The summed E-state index contributed by atoms with van der Waals surface area (Å²) in [6, 6.07) is 15.0. The third kappa shape index (κ3) is 4.25. The summed E-state index contributed by atoms with van der Waals surface area (Å²) >= 11 is 0. The number of carbonyl (C=O) groups excluding carboxylic acids is 1. The van der Waals surface area contributed by atoms with Crippen molar-refractivity contribution in [3.05, 3.63) is 64.7 Å². The summed E-state index contributed by atoms with van der Waals surface area (Å²) in [5, 5.41) is 1.54. The molecule has 1 amide bonds. The van der Waals surface area contributed by atoms with E-state index < -0.39 is 5.41 Å². The van der Waals surface area contributed by atoms with E-state index in [0.717, 1.165) is 42.5 Å². The van der Waals surface area contributed by atoms with Crippen LogP contribution < -0.4 is 5.06 Å². The molecule has 3 nitrogen and oxygen atoms in total. The molecule has 29 heavy (non-hydrogen) atoms. The molecule has 2 aromatic carbocycles. The standard InChI is InChI=1S/C26H35NO2/c1-6-8-10-20-12-15-22(16-13-20)26(5)23-17-14-21(11-9-7-2)18-24(23)27(25(26)28)29-19(3)4/h12-19H,6-11H2,1-5H3. The number of rotatable bonds is 9. The summed E-state index contributed by atoms with van der Waals surface area (Å²) < 4.78 is 0. The lowest BCUT2D eigenvalue weighted by molar-refractivity contribution is -0.130. The Morgan fingerprint density at radius 1 is 0.931 bits per heavy atom. The lowest BCUT2D eigenvalue weighted by Crippen LogP contribution is -2.40. The maximum absolute atomic E-state index is 13.6. The fraction of sp³-hybridized carbons (Fsp3) is 0.500. The Kier molecular flexibility index (Phi) is 6.79. The molecular weight excluding hydrogens is 358 g/mol. The van der Waals surface area contributed by atoms with Crippen molar-refractivity contribution in [3.63, 3.8) is 0 Å². The monoisotopic (exact) mass is 393 g/mol. The number of unbranched alkanes of at least 4 members (excludes halogenated alkanes) is 2. The van der Waals surface area contributed by atoms with Gasteiger partial charge in [0.15, 0.2) is 0 Å². The maximum Gasteiger partial charge on any atom is 0.265 e. The normalized spacial score (nSPS) is 18.6. The van der Waals surface area contributed by atoms with Gasteiger partial charge in [-0.25, -0.2) is 0 Å². The maximum atomic E-state index is 13.6. The molecule has 0 aliphatic carbocycles. The number of benzene rings is 2. The Bertz CT molecular complexity index is 840. The Hall–Kier alpha value is -2.13. The molecular formula is C26H35NO2. The van der Waals surface area contributed by atoms with Gasteiger partial charge in [-0.3, -0.25) is 9.63 Å². The SMILES string of the molecule is CCCCc1ccc(C2(C)C(=O)N(OC(C)C)c3cc(CCCC)ccc32)cc1. The second-order valence-electron chi connectivity index (χ2n) is 8.63. The molecule has 156 valence electrons. The highest BCUT2D eigenvalue weighted by Gasteiger charge is 2.49. The van der Waals surface area contributed by atoms with Gasteiger partial charge in [0.25, 0.3) is 5.91 Å². The van der Waals surface area contributed by atoms with E-state index in [0.29, 0.717) is 0 Å². The number of carbonyl (C=O) groups is 1. The van der Waals surface area contributed by atoms with E-state index in [2.05, 4.69) is 56.3 Å². The van der Waals surface area contributed by atoms with Gasteiger partial charge in [-0.2, -0.15) is 5.06 Å². The topological polar surface area (TPSA) is 29.5 Å². The van der Waals surface area contributed by atoms with Gasteiger partial charge in [-0.05, 0) is 74.8 Å². The summed E-state index contributed by atoms with van der Waals surface area (Å²) in [6.07, 6.45) is 6.73. The highest BCUT2D eigenvalue weighted by atomic mass is 16.7. The van der Waals surface area contributed by atoms with Crippen molar-refractivity contribution in [1.29, 1.82) is 0 Å². The van der Waals surface area contributed by atoms with E-state index >= 15 is 0 Å². The number of amides is 1. The van der Waals surface area contributed by atoms with E-state index in [-0.39, 0.29) is 12.0 Å². The van der Waals surface area contributed by atoms with E-state index in [4.69, 9.17) is 4.84 Å². The molecule has 1 unspecified atom stereocenters. The van der Waals surface area contributed by atoms with Gasteiger partial charge < -0.3 is 0 Å². The molecule has 3 heteroatoms. The Morgan fingerprint density at radius 3 is 2.10 bits per heavy atom. The zero-order chi connectivity index (χ0) is 21.0.